The van der Waals surface area contributed by atoms with Crippen LogP contribution in [0, 0.1) is 5.92 Å². The molecule has 1 rings (SSSR count). The van der Waals surface area contributed by atoms with Crippen molar-refractivity contribution in [3.63, 3.8) is 0 Å². The van der Waals surface area contributed by atoms with Gasteiger partial charge in [-0.1, -0.05) is 13.8 Å². The standard InChI is InChI=1S/C13H25N3O2/c1-10(2)8-16(9-12-5-4-6-14-12)13(18)7-15-11(3)17/h10,12,14H,4-9H2,1-3H3,(H,15,17). The monoisotopic (exact) mass is 255 g/mol. The van der Waals surface area contributed by atoms with E-state index in [-0.39, 0.29) is 18.4 Å². The summed E-state index contributed by atoms with van der Waals surface area (Å²) in [6.07, 6.45) is 2.31. The maximum atomic E-state index is 12.1. The van der Waals surface area contributed by atoms with Gasteiger partial charge in [-0.05, 0) is 25.3 Å². The molecule has 2 N–H and O–H groups in total. The summed E-state index contributed by atoms with van der Waals surface area (Å²) in [5.74, 6) is 0.284. The highest BCUT2D eigenvalue weighted by Crippen LogP contribution is 2.09. The molecule has 18 heavy (non-hydrogen) atoms. The van der Waals surface area contributed by atoms with Crippen molar-refractivity contribution in [2.75, 3.05) is 26.2 Å². The van der Waals surface area contributed by atoms with Gasteiger partial charge < -0.3 is 15.5 Å². The third kappa shape index (κ3) is 5.49. The van der Waals surface area contributed by atoms with E-state index in [0.29, 0.717) is 12.0 Å². The molecule has 1 atom stereocenters. The van der Waals surface area contributed by atoms with Crippen LogP contribution in [0.15, 0.2) is 0 Å². The van der Waals surface area contributed by atoms with Gasteiger partial charge in [-0.15, -0.1) is 0 Å². The molecule has 0 spiro atoms. The fraction of sp³-hybridized carbons (Fsp3) is 0.846. The van der Waals surface area contributed by atoms with Crippen LogP contribution in [0.1, 0.15) is 33.6 Å². The molecule has 1 fully saturated rings. The number of amides is 2. The van der Waals surface area contributed by atoms with Crippen molar-refractivity contribution in [2.24, 2.45) is 5.92 Å². The summed E-state index contributed by atoms with van der Waals surface area (Å²) in [5.41, 5.74) is 0. The molecule has 1 heterocycles. The van der Waals surface area contributed by atoms with Crippen LogP contribution in [0.2, 0.25) is 0 Å². The summed E-state index contributed by atoms with van der Waals surface area (Å²) in [6, 6.07) is 0.407. The van der Waals surface area contributed by atoms with Gasteiger partial charge in [0.05, 0.1) is 6.54 Å². The van der Waals surface area contributed by atoms with Gasteiger partial charge in [-0.2, -0.15) is 0 Å². The number of nitrogens with zero attached hydrogens (tertiary/aromatic N) is 1. The zero-order chi connectivity index (χ0) is 13.5. The Morgan fingerprint density at radius 1 is 1.44 bits per heavy atom. The van der Waals surface area contributed by atoms with Crippen LogP contribution < -0.4 is 10.6 Å². The zero-order valence-corrected chi connectivity index (χ0v) is 11.7. The predicted molar refractivity (Wildman–Crippen MR) is 71.1 cm³/mol. The summed E-state index contributed by atoms with van der Waals surface area (Å²) in [6.45, 7) is 8.27. The predicted octanol–water partition coefficient (Wildman–Crippen LogP) is 0.359. The fourth-order valence-electron chi connectivity index (χ4n) is 2.21. The van der Waals surface area contributed by atoms with Crippen LogP contribution in [0.25, 0.3) is 0 Å². The Balaban J connectivity index is 2.47. The molecule has 1 aliphatic rings. The van der Waals surface area contributed by atoms with Gasteiger partial charge in [-0.25, -0.2) is 0 Å². The molecule has 1 unspecified atom stereocenters. The molecular weight excluding hydrogens is 230 g/mol. The van der Waals surface area contributed by atoms with Gasteiger partial charge >= 0.3 is 0 Å². The number of hydrogen-bond acceptors (Lipinski definition) is 3. The highest BCUT2D eigenvalue weighted by molar-refractivity contribution is 5.83. The molecular formula is C13H25N3O2. The maximum absolute atomic E-state index is 12.1. The summed E-state index contributed by atoms with van der Waals surface area (Å²) < 4.78 is 0. The van der Waals surface area contributed by atoms with E-state index in [2.05, 4.69) is 24.5 Å². The SMILES string of the molecule is CC(=O)NCC(=O)N(CC(C)C)CC1CCCN1. The Kier molecular flexibility index (Phi) is 6.12. The van der Waals surface area contributed by atoms with E-state index in [1.807, 2.05) is 4.90 Å². The first kappa shape index (κ1) is 15.0. The third-order valence-electron chi connectivity index (χ3n) is 3.03. The summed E-state index contributed by atoms with van der Waals surface area (Å²) >= 11 is 0. The molecule has 0 bridgehead atoms. The van der Waals surface area contributed by atoms with Crippen LogP contribution in [0.3, 0.4) is 0 Å². The van der Waals surface area contributed by atoms with E-state index in [9.17, 15) is 9.59 Å². The summed E-state index contributed by atoms with van der Waals surface area (Å²) in [4.78, 5) is 24.8. The van der Waals surface area contributed by atoms with E-state index in [1.165, 1.54) is 13.3 Å². The number of carbonyl (C=O) groups is 2. The molecule has 2 amide bonds. The van der Waals surface area contributed by atoms with Gasteiger partial charge in [0.15, 0.2) is 0 Å². The molecule has 1 aliphatic heterocycles. The first-order valence-electron chi connectivity index (χ1n) is 6.74. The van der Waals surface area contributed by atoms with Crippen LogP contribution >= 0.6 is 0 Å². The van der Waals surface area contributed by atoms with E-state index in [1.54, 1.807) is 0 Å². The molecule has 0 saturated carbocycles. The van der Waals surface area contributed by atoms with Crippen LogP contribution in [-0.4, -0.2) is 48.9 Å². The van der Waals surface area contributed by atoms with Crippen LogP contribution in [0.5, 0.6) is 0 Å². The van der Waals surface area contributed by atoms with E-state index in [0.717, 1.165) is 26.1 Å². The molecule has 0 aromatic rings. The largest absolute Gasteiger partial charge is 0.347 e. The van der Waals surface area contributed by atoms with Gasteiger partial charge in [0.1, 0.15) is 0 Å². The van der Waals surface area contributed by atoms with Crippen LogP contribution in [0.4, 0.5) is 0 Å². The highest BCUT2D eigenvalue weighted by Gasteiger charge is 2.21. The van der Waals surface area contributed by atoms with Gasteiger partial charge in [0.25, 0.3) is 0 Å². The normalized spacial score (nSPS) is 19.0. The van der Waals surface area contributed by atoms with Crippen molar-refractivity contribution in [1.82, 2.24) is 15.5 Å². The van der Waals surface area contributed by atoms with Gasteiger partial charge in [0.2, 0.25) is 11.8 Å². The average Bonchev–Trinajstić information content (AvgIpc) is 2.77. The van der Waals surface area contributed by atoms with Crippen molar-refractivity contribution in [1.29, 1.82) is 0 Å². The van der Waals surface area contributed by atoms with E-state index in [4.69, 9.17) is 0 Å². The molecule has 0 aromatic heterocycles. The van der Waals surface area contributed by atoms with E-state index >= 15 is 0 Å². The lowest BCUT2D eigenvalue weighted by Gasteiger charge is -2.27. The maximum Gasteiger partial charge on any atom is 0.242 e. The first-order chi connectivity index (χ1) is 8.49. The lowest BCUT2D eigenvalue weighted by molar-refractivity contribution is -0.133. The van der Waals surface area contributed by atoms with Crippen molar-refractivity contribution < 1.29 is 9.59 Å². The topological polar surface area (TPSA) is 61.4 Å². The number of nitrogens with one attached hydrogen (secondary N) is 2. The molecule has 5 nitrogen and oxygen atoms in total. The second kappa shape index (κ2) is 7.36. The third-order valence-corrected chi connectivity index (χ3v) is 3.03. The summed E-state index contributed by atoms with van der Waals surface area (Å²) in [7, 11) is 0. The Morgan fingerprint density at radius 2 is 2.17 bits per heavy atom. The van der Waals surface area contributed by atoms with Gasteiger partial charge in [-0.3, -0.25) is 9.59 Å². The molecule has 0 aliphatic carbocycles. The number of hydrogen-bond donors (Lipinski definition) is 2. The Bertz CT molecular complexity index is 286. The average molecular weight is 255 g/mol. The molecule has 5 heteroatoms. The Hall–Kier alpha value is -1.10. The first-order valence-corrected chi connectivity index (χ1v) is 6.74. The minimum absolute atomic E-state index is 0.00704. The van der Waals surface area contributed by atoms with Crippen LogP contribution in [-0.2, 0) is 9.59 Å². The molecule has 0 radical (unpaired) electrons. The molecule has 1 saturated heterocycles. The number of carbonyl (C=O) groups excluding carboxylic acids is 2. The van der Waals surface area contributed by atoms with E-state index < -0.39 is 0 Å². The summed E-state index contributed by atoms with van der Waals surface area (Å²) in [5, 5.41) is 5.97. The van der Waals surface area contributed by atoms with Gasteiger partial charge in [0, 0.05) is 26.1 Å². The lowest BCUT2D eigenvalue weighted by Crippen LogP contribution is -2.46. The smallest absolute Gasteiger partial charge is 0.242 e. The molecule has 104 valence electrons. The van der Waals surface area contributed by atoms with Crippen molar-refractivity contribution in [2.45, 2.75) is 39.7 Å². The van der Waals surface area contributed by atoms with Crippen molar-refractivity contribution >= 4 is 11.8 Å². The minimum atomic E-state index is -0.160. The second-order valence-electron chi connectivity index (χ2n) is 5.40. The van der Waals surface area contributed by atoms with Crippen molar-refractivity contribution in [3.8, 4) is 0 Å². The Morgan fingerprint density at radius 3 is 2.67 bits per heavy atom. The highest BCUT2D eigenvalue weighted by atomic mass is 16.2. The lowest BCUT2D eigenvalue weighted by atomic mass is 10.1. The number of rotatable bonds is 6. The fourth-order valence-corrected chi connectivity index (χ4v) is 2.21. The Labute approximate surface area is 109 Å². The second-order valence-corrected chi connectivity index (χ2v) is 5.40. The molecule has 0 aromatic carbocycles. The minimum Gasteiger partial charge on any atom is -0.347 e. The van der Waals surface area contributed by atoms with Crippen molar-refractivity contribution in [3.05, 3.63) is 0 Å². The zero-order valence-electron chi connectivity index (χ0n) is 11.7. The quantitative estimate of drug-likeness (QED) is 0.720.